The summed E-state index contributed by atoms with van der Waals surface area (Å²) in [5.74, 6) is -0.299. The first-order chi connectivity index (χ1) is 15.5. The van der Waals surface area contributed by atoms with Crippen LogP contribution in [0.25, 0.3) is 5.69 Å². The van der Waals surface area contributed by atoms with Gasteiger partial charge in [-0.15, -0.1) is 0 Å². The van der Waals surface area contributed by atoms with Gasteiger partial charge in [-0.2, -0.15) is 0 Å². The Morgan fingerprint density at radius 3 is 2.56 bits per heavy atom. The Labute approximate surface area is 186 Å². The van der Waals surface area contributed by atoms with E-state index in [9.17, 15) is 9.18 Å². The third-order valence-electron chi connectivity index (χ3n) is 6.05. The Morgan fingerprint density at radius 1 is 0.969 bits per heavy atom. The minimum atomic E-state index is -0.372. The molecule has 160 valence electrons. The molecular formula is C27H24FN3O. The molecule has 2 heterocycles. The molecule has 0 radical (unpaired) electrons. The summed E-state index contributed by atoms with van der Waals surface area (Å²) in [7, 11) is 0. The lowest BCUT2D eigenvalue weighted by Gasteiger charge is -2.31. The van der Waals surface area contributed by atoms with Crippen LogP contribution in [0.2, 0.25) is 0 Å². The van der Waals surface area contributed by atoms with E-state index in [1.807, 2.05) is 73.5 Å². The van der Waals surface area contributed by atoms with Crippen LogP contribution in [0, 0.1) is 19.7 Å². The number of hydrogen-bond donors (Lipinski definition) is 1. The van der Waals surface area contributed by atoms with Crippen molar-refractivity contribution in [3.63, 3.8) is 0 Å². The highest BCUT2D eigenvalue weighted by Crippen LogP contribution is 2.37. The molecule has 1 atom stereocenters. The average molecular weight is 426 g/mol. The minimum Gasteiger partial charge on any atom is -0.318 e. The molecule has 5 rings (SSSR count). The normalized spacial score (nSPS) is 15.0. The molecule has 32 heavy (non-hydrogen) atoms. The van der Waals surface area contributed by atoms with E-state index >= 15 is 0 Å². The lowest BCUT2D eigenvalue weighted by Crippen LogP contribution is -2.38. The number of fused-ring (bicyclic) bond motifs is 3. The molecule has 1 aliphatic heterocycles. The molecule has 1 aliphatic rings. The lowest BCUT2D eigenvalue weighted by atomic mass is 10.0. The molecule has 0 spiro atoms. The van der Waals surface area contributed by atoms with Crippen LogP contribution in [0.1, 0.15) is 34.0 Å². The van der Waals surface area contributed by atoms with E-state index in [0.717, 1.165) is 39.3 Å². The van der Waals surface area contributed by atoms with E-state index in [2.05, 4.69) is 16.0 Å². The predicted molar refractivity (Wildman–Crippen MR) is 124 cm³/mol. The molecule has 2 amide bonds. The smallest absolute Gasteiger partial charge is 0.318 e. The van der Waals surface area contributed by atoms with Crippen LogP contribution in [0.5, 0.6) is 0 Å². The topological polar surface area (TPSA) is 37.3 Å². The van der Waals surface area contributed by atoms with E-state index in [1.165, 1.54) is 12.1 Å². The number of aromatic nitrogens is 1. The molecule has 0 saturated heterocycles. The van der Waals surface area contributed by atoms with Crippen molar-refractivity contribution in [1.82, 2.24) is 9.47 Å². The number of amides is 2. The maximum atomic E-state index is 13.7. The standard InChI is InChI=1S/C27H24FN3O/c1-18-9-10-19(2)23(16-18)29-27(32)31-17-21-6-3-4-7-24(21)30-15-5-8-25(30)26(31)20-11-13-22(28)14-12-20/h3-16,26H,17H2,1-2H3,(H,29,32). The molecule has 3 aromatic carbocycles. The van der Waals surface area contributed by atoms with Crippen LogP contribution in [0.15, 0.2) is 85.1 Å². The van der Waals surface area contributed by atoms with Crippen molar-refractivity contribution < 1.29 is 9.18 Å². The monoisotopic (exact) mass is 425 g/mol. The summed E-state index contributed by atoms with van der Waals surface area (Å²) >= 11 is 0. The summed E-state index contributed by atoms with van der Waals surface area (Å²) in [4.78, 5) is 15.5. The summed E-state index contributed by atoms with van der Waals surface area (Å²) in [5.41, 5.74) is 6.78. The molecule has 0 aliphatic carbocycles. The Morgan fingerprint density at radius 2 is 1.75 bits per heavy atom. The summed E-state index contributed by atoms with van der Waals surface area (Å²) in [6.45, 7) is 4.41. The van der Waals surface area contributed by atoms with Gasteiger partial charge in [-0.25, -0.2) is 9.18 Å². The van der Waals surface area contributed by atoms with E-state index in [-0.39, 0.29) is 17.9 Å². The molecule has 5 heteroatoms. The van der Waals surface area contributed by atoms with Gasteiger partial charge in [0.1, 0.15) is 5.82 Å². The van der Waals surface area contributed by atoms with Crippen LogP contribution in [-0.4, -0.2) is 15.5 Å². The summed E-state index contributed by atoms with van der Waals surface area (Å²) in [6, 6.07) is 23.9. The minimum absolute atomic E-state index is 0.197. The van der Waals surface area contributed by atoms with Crippen LogP contribution in [0.3, 0.4) is 0 Å². The van der Waals surface area contributed by atoms with Crippen LogP contribution >= 0.6 is 0 Å². The number of hydrogen-bond acceptors (Lipinski definition) is 1. The molecule has 4 aromatic rings. The molecule has 1 aromatic heterocycles. The van der Waals surface area contributed by atoms with Gasteiger partial charge in [0.05, 0.1) is 18.3 Å². The van der Waals surface area contributed by atoms with Gasteiger partial charge in [0, 0.05) is 17.6 Å². The molecule has 0 saturated carbocycles. The maximum absolute atomic E-state index is 13.7. The van der Waals surface area contributed by atoms with Crippen LogP contribution in [-0.2, 0) is 6.54 Å². The first kappa shape index (κ1) is 20.1. The van der Waals surface area contributed by atoms with Crippen molar-refractivity contribution in [2.75, 3.05) is 5.32 Å². The van der Waals surface area contributed by atoms with Crippen molar-refractivity contribution in [1.29, 1.82) is 0 Å². The van der Waals surface area contributed by atoms with E-state index in [1.54, 1.807) is 12.1 Å². The molecule has 4 nitrogen and oxygen atoms in total. The summed E-state index contributed by atoms with van der Waals surface area (Å²) in [5, 5.41) is 3.12. The zero-order valence-electron chi connectivity index (χ0n) is 18.0. The number of benzene rings is 3. The number of halogens is 1. The number of aryl methyl sites for hydroxylation is 2. The zero-order chi connectivity index (χ0) is 22.2. The Hall–Kier alpha value is -3.86. The van der Waals surface area contributed by atoms with Gasteiger partial charge < -0.3 is 14.8 Å². The first-order valence-corrected chi connectivity index (χ1v) is 10.7. The van der Waals surface area contributed by atoms with Gasteiger partial charge in [-0.05, 0) is 72.5 Å². The number of carbonyl (C=O) groups excluding carboxylic acids is 1. The van der Waals surface area contributed by atoms with Gasteiger partial charge in [0.25, 0.3) is 0 Å². The zero-order valence-corrected chi connectivity index (χ0v) is 18.0. The van der Waals surface area contributed by atoms with Crippen molar-refractivity contribution in [3.05, 3.63) is 119 Å². The summed E-state index contributed by atoms with van der Waals surface area (Å²) in [6.07, 6.45) is 2.01. The van der Waals surface area contributed by atoms with Crippen molar-refractivity contribution in [2.24, 2.45) is 0 Å². The highest BCUT2D eigenvalue weighted by molar-refractivity contribution is 5.91. The summed E-state index contributed by atoms with van der Waals surface area (Å²) < 4.78 is 15.8. The number of urea groups is 1. The van der Waals surface area contributed by atoms with Gasteiger partial charge in [0.15, 0.2) is 0 Å². The third-order valence-corrected chi connectivity index (χ3v) is 6.05. The van der Waals surface area contributed by atoms with E-state index < -0.39 is 0 Å². The van der Waals surface area contributed by atoms with Crippen molar-refractivity contribution in [3.8, 4) is 5.69 Å². The fourth-order valence-electron chi connectivity index (χ4n) is 4.39. The fourth-order valence-corrected chi connectivity index (χ4v) is 4.39. The number of rotatable bonds is 2. The van der Waals surface area contributed by atoms with Gasteiger partial charge in [-0.3, -0.25) is 0 Å². The van der Waals surface area contributed by atoms with Crippen LogP contribution < -0.4 is 5.32 Å². The number of nitrogens with one attached hydrogen (secondary N) is 1. The molecule has 0 bridgehead atoms. The second kappa shape index (κ2) is 8.00. The van der Waals surface area contributed by atoms with E-state index in [0.29, 0.717) is 6.54 Å². The van der Waals surface area contributed by atoms with Gasteiger partial charge >= 0.3 is 6.03 Å². The Bertz CT molecular complexity index is 1290. The quantitative estimate of drug-likeness (QED) is 0.398. The van der Waals surface area contributed by atoms with Crippen molar-refractivity contribution in [2.45, 2.75) is 26.4 Å². The lowest BCUT2D eigenvalue weighted by molar-refractivity contribution is 0.194. The predicted octanol–water partition coefficient (Wildman–Crippen LogP) is 6.37. The maximum Gasteiger partial charge on any atom is 0.322 e. The van der Waals surface area contributed by atoms with E-state index in [4.69, 9.17) is 0 Å². The number of anilines is 1. The SMILES string of the molecule is Cc1ccc(C)c(NC(=O)N2Cc3ccccc3-n3cccc3C2c2ccc(F)cc2)c1. The average Bonchev–Trinajstić information content (AvgIpc) is 3.21. The number of para-hydroxylation sites is 1. The van der Waals surface area contributed by atoms with Crippen molar-refractivity contribution >= 4 is 11.7 Å². The molecular weight excluding hydrogens is 401 g/mol. The molecule has 1 N–H and O–H groups in total. The number of nitrogens with zero attached hydrogens (tertiary/aromatic N) is 2. The highest BCUT2D eigenvalue weighted by atomic mass is 19.1. The fraction of sp³-hybridized carbons (Fsp3) is 0.148. The Kier molecular flexibility index (Phi) is 5.02. The van der Waals surface area contributed by atoms with Gasteiger partial charge in [-0.1, -0.05) is 42.5 Å². The van der Waals surface area contributed by atoms with Crippen LogP contribution in [0.4, 0.5) is 14.9 Å². The second-order valence-electron chi connectivity index (χ2n) is 8.26. The Balaban J connectivity index is 1.63. The highest BCUT2D eigenvalue weighted by Gasteiger charge is 2.33. The second-order valence-corrected chi connectivity index (χ2v) is 8.26. The van der Waals surface area contributed by atoms with Gasteiger partial charge in [0.2, 0.25) is 0 Å². The molecule has 1 unspecified atom stereocenters. The largest absolute Gasteiger partial charge is 0.322 e. The third kappa shape index (κ3) is 3.56. The number of carbonyl (C=O) groups is 1. The first-order valence-electron chi connectivity index (χ1n) is 10.7. The molecule has 0 fully saturated rings.